The second kappa shape index (κ2) is 8.11. The van der Waals surface area contributed by atoms with E-state index in [0.29, 0.717) is 17.6 Å². The zero-order valence-corrected chi connectivity index (χ0v) is 13.0. The fraction of sp³-hybridized carbons (Fsp3) is 0.353. The molecule has 1 atom stereocenters. The molecule has 1 unspecified atom stereocenters. The van der Waals surface area contributed by atoms with Gasteiger partial charge in [0, 0.05) is 31.5 Å². The lowest BCUT2D eigenvalue weighted by Gasteiger charge is -2.25. The van der Waals surface area contributed by atoms with Crippen LogP contribution >= 0.6 is 0 Å². The monoisotopic (exact) mass is 295 g/mol. The van der Waals surface area contributed by atoms with Crippen molar-refractivity contribution >= 4 is 5.82 Å². The summed E-state index contributed by atoms with van der Waals surface area (Å²) in [6, 6.07) is 12.9. The first-order chi connectivity index (χ1) is 10.7. The van der Waals surface area contributed by atoms with Crippen molar-refractivity contribution in [2.24, 2.45) is 0 Å². The molecule has 0 fully saturated rings. The molecule has 5 heteroatoms. The number of benzene rings is 1. The second-order valence-corrected chi connectivity index (χ2v) is 5.33. The molecule has 1 N–H and O–H groups in total. The van der Waals surface area contributed by atoms with Crippen LogP contribution in [0.2, 0.25) is 0 Å². The molecule has 0 aliphatic heterocycles. The highest BCUT2D eigenvalue weighted by atomic mass is 15.1. The molecule has 1 heterocycles. The Balaban J connectivity index is 1.80. The fourth-order valence-electron chi connectivity index (χ4n) is 2.20. The van der Waals surface area contributed by atoms with Crippen LogP contribution in [0.15, 0.2) is 42.7 Å². The molecular formula is C17H21N5. The normalized spacial score (nSPS) is 11.9. The second-order valence-electron chi connectivity index (χ2n) is 5.33. The van der Waals surface area contributed by atoms with Crippen molar-refractivity contribution in [1.82, 2.24) is 14.9 Å². The topological polar surface area (TPSA) is 64.8 Å². The maximum absolute atomic E-state index is 8.98. The minimum absolute atomic E-state index is 0.341. The molecule has 1 aromatic heterocycles. The Labute approximate surface area is 131 Å². The van der Waals surface area contributed by atoms with Crippen molar-refractivity contribution < 1.29 is 0 Å². The van der Waals surface area contributed by atoms with Gasteiger partial charge in [-0.25, -0.2) is 9.97 Å². The van der Waals surface area contributed by atoms with Crippen molar-refractivity contribution in [3.05, 3.63) is 54.0 Å². The molecule has 0 spiro atoms. The number of rotatable bonds is 7. The molecule has 0 bridgehead atoms. The van der Waals surface area contributed by atoms with Gasteiger partial charge in [0.05, 0.1) is 0 Å². The Hall–Kier alpha value is -2.45. The lowest BCUT2D eigenvalue weighted by Crippen LogP contribution is -2.30. The molecule has 0 aliphatic rings. The van der Waals surface area contributed by atoms with Crippen LogP contribution in [0, 0.1) is 11.3 Å². The lowest BCUT2D eigenvalue weighted by atomic mass is 10.1. The zero-order valence-electron chi connectivity index (χ0n) is 13.0. The van der Waals surface area contributed by atoms with Crippen molar-refractivity contribution in [3.8, 4) is 6.07 Å². The predicted molar refractivity (Wildman–Crippen MR) is 87.2 cm³/mol. The van der Waals surface area contributed by atoms with Crippen molar-refractivity contribution in [1.29, 1.82) is 5.26 Å². The summed E-state index contributed by atoms with van der Waals surface area (Å²) in [6.45, 7) is 3.89. The molecular weight excluding hydrogens is 274 g/mol. The van der Waals surface area contributed by atoms with Gasteiger partial charge >= 0.3 is 0 Å². The molecule has 114 valence electrons. The lowest BCUT2D eigenvalue weighted by molar-refractivity contribution is 0.242. The summed E-state index contributed by atoms with van der Waals surface area (Å²) in [5.74, 6) is 0.558. The fourth-order valence-corrected chi connectivity index (χ4v) is 2.20. The van der Waals surface area contributed by atoms with Gasteiger partial charge in [0.25, 0.3) is 0 Å². The summed E-state index contributed by atoms with van der Waals surface area (Å²) in [4.78, 5) is 10.5. The van der Waals surface area contributed by atoms with Gasteiger partial charge in [0.15, 0.2) is 11.5 Å². The van der Waals surface area contributed by atoms with Gasteiger partial charge in [-0.05, 0) is 26.0 Å². The van der Waals surface area contributed by atoms with Crippen LogP contribution in [0.3, 0.4) is 0 Å². The van der Waals surface area contributed by atoms with Gasteiger partial charge in [-0.2, -0.15) is 5.26 Å². The molecule has 22 heavy (non-hydrogen) atoms. The van der Waals surface area contributed by atoms with E-state index in [1.807, 2.05) is 12.1 Å². The van der Waals surface area contributed by atoms with E-state index in [2.05, 4.69) is 58.4 Å². The zero-order chi connectivity index (χ0) is 15.8. The van der Waals surface area contributed by atoms with E-state index < -0.39 is 0 Å². The molecule has 0 aliphatic carbocycles. The Morgan fingerprint density at radius 3 is 2.68 bits per heavy atom. The number of anilines is 1. The summed E-state index contributed by atoms with van der Waals surface area (Å²) in [5, 5.41) is 12.2. The first-order valence-corrected chi connectivity index (χ1v) is 7.40. The van der Waals surface area contributed by atoms with Gasteiger partial charge in [0.2, 0.25) is 0 Å². The summed E-state index contributed by atoms with van der Waals surface area (Å²) >= 11 is 0. The number of hydrogen-bond acceptors (Lipinski definition) is 5. The SMILES string of the molecule is CC(CCNc1nccnc1C#N)N(C)Cc1ccccc1. The van der Waals surface area contributed by atoms with E-state index in [1.165, 1.54) is 11.8 Å². The van der Waals surface area contributed by atoms with E-state index >= 15 is 0 Å². The summed E-state index contributed by atoms with van der Waals surface area (Å²) < 4.78 is 0. The minimum atomic E-state index is 0.341. The highest BCUT2D eigenvalue weighted by molar-refractivity contribution is 5.46. The number of aromatic nitrogens is 2. The Morgan fingerprint density at radius 1 is 1.23 bits per heavy atom. The average molecular weight is 295 g/mol. The Morgan fingerprint density at radius 2 is 1.95 bits per heavy atom. The summed E-state index contributed by atoms with van der Waals surface area (Å²) in [6.07, 6.45) is 4.08. The van der Waals surface area contributed by atoms with Gasteiger partial charge < -0.3 is 5.32 Å². The highest BCUT2D eigenvalue weighted by Gasteiger charge is 2.10. The van der Waals surface area contributed by atoms with E-state index in [-0.39, 0.29) is 0 Å². The van der Waals surface area contributed by atoms with Crippen LogP contribution in [0.4, 0.5) is 5.82 Å². The van der Waals surface area contributed by atoms with Gasteiger partial charge in [-0.15, -0.1) is 0 Å². The van der Waals surface area contributed by atoms with Gasteiger partial charge in [-0.1, -0.05) is 30.3 Å². The van der Waals surface area contributed by atoms with Gasteiger partial charge in [0.1, 0.15) is 6.07 Å². The third-order valence-corrected chi connectivity index (χ3v) is 3.69. The van der Waals surface area contributed by atoms with E-state index in [4.69, 9.17) is 5.26 Å². The van der Waals surface area contributed by atoms with Crippen molar-refractivity contribution in [2.75, 3.05) is 18.9 Å². The van der Waals surface area contributed by atoms with E-state index in [9.17, 15) is 0 Å². The third-order valence-electron chi connectivity index (χ3n) is 3.69. The highest BCUT2D eigenvalue weighted by Crippen LogP contribution is 2.10. The quantitative estimate of drug-likeness (QED) is 0.850. The number of hydrogen-bond donors (Lipinski definition) is 1. The smallest absolute Gasteiger partial charge is 0.182 e. The van der Waals surface area contributed by atoms with Crippen molar-refractivity contribution in [3.63, 3.8) is 0 Å². The third kappa shape index (κ3) is 4.54. The largest absolute Gasteiger partial charge is 0.368 e. The molecule has 0 saturated carbocycles. The number of nitrogens with zero attached hydrogens (tertiary/aromatic N) is 4. The number of nitriles is 1. The predicted octanol–water partition coefficient (Wildman–Crippen LogP) is 2.67. The van der Waals surface area contributed by atoms with E-state index in [0.717, 1.165) is 19.5 Å². The molecule has 0 radical (unpaired) electrons. The van der Waals surface area contributed by atoms with Crippen LogP contribution in [0.5, 0.6) is 0 Å². The van der Waals surface area contributed by atoms with Crippen LogP contribution in [0.25, 0.3) is 0 Å². The molecule has 2 aromatic rings. The molecule has 5 nitrogen and oxygen atoms in total. The minimum Gasteiger partial charge on any atom is -0.368 e. The molecule has 0 saturated heterocycles. The average Bonchev–Trinajstić information content (AvgIpc) is 2.56. The maximum Gasteiger partial charge on any atom is 0.182 e. The van der Waals surface area contributed by atoms with Crippen LogP contribution in [-0.2, 0) is 6.54 Å². The van der Waals surface area contributed by atoms with Crippen LogP contribution in [-0.4, -0.2) is 34.5 Å². The molecule has 0 amide bonds. The molecule has 2 rings (SSSR count). The molecule has 1 aromatic carbocycles. The number of nitrogens with one attached hydrogen (secondary N) is 1. The first kappa shape index (κ1) is 15.9. The van der Waals surface area contributed by atoms with E-state index in [1.54, 1.807) is 6.20 Å². The van der Waals surface area contributed by atoms with Crippen molar-refractivity contribution in [2.45, 2.75) is 25.9 Å². The first-order valence-electron chi connectivity index (χ1n) is 7.40. The standard InChI is InChI=1S/C17H21N5/c1-14(22(2)13-15-6-4-3-5-7-15)8-9-20-17-16(12-18)19-10-11-21-17/h3-7,10-11,14H,8-9,13H2,1-2H3,(H,20,21). The maximum atomic E-state index is 8.98. The Kier molecular flexibility index (Phi) is 5.87. The Bertz CT molecular complexity index is 620. The van der Waals surface area contributed by atoms with Crippen LogP contribution in [0.1, 0.15) is 24.6 Å². The summed E-state index contributed by atoms with van der Waals surface area (Å²) in [7, 11) is 2.13. The van der Waals surface area contributed by atoms with Crippen LogP contribution < -0.4 is 5.32 Å². The van der Waals surface area contributed by atoms with Gasteiger partial charge in [-0.3, -0.25) is 4.90 Å². The summed E-state index contributed by atoms with van der Waals surface area (Å²) in [5.41, 5.74) is 1.65.